The number of amides is 2. The van der Waals surface area contributed by atoms with E-state index in [0.717, 1.165) is 94.1 Å². The number of hydrogen-bond acceptors (Lipinski definition) is 8. The predicted molar refractivity (Wildman–Crippen MR) is 208 cm³/mol. The van der Waals surface area contributed by atoms with Crippen LogP contribution in [0, 0.1) is 29.3 Å². The van der Waals surface area contributed by atoms with Gasteiger partial charge in [-0.1, -0.05) is 25.1 Å². The topological polar surface area (TPSA) is 111 Å². The Hall–Kier alpha value is -4.47. The number of benzene rings is 3. The second kappa shape index (κ2) is 16.4. The van der Waals surface area contributed by atoms with Gasteiger partial charge in [0.25, 0.3) is 0 Å². The van der Waals surface area contributed by atoms with Crippen LogP contribution in [0.1, 0.15) is 44.1 Å². The number of carbonyl (C=O) groups excluding carboxylic acids is 2. The first-order chi connectivity index (χ1) is 27.2. The number of anilines is 2. The maximum atomic E-state index is 16.3. The van der Waals surface area contributed by atoms with Crippen LogP contribution in [0.25, 0.3) is 0 Å². The van der Waals surface area contributed by atoms with Crippen molar-refractivity contribution in [3.63, 3.8) is 0 Å². The number of piperidine rings is 1. The number of methoxy groups -OCH3 is 1. The Bertz CT molecular complexity index is 2110. The SMILES string of the molecule is C=CC(=O)Nc1cc(F)cc(S(=O)(=O)c2ccc(N3CC(F)(CN4CCC([C@@](CN5CCC5)(c5cccc(F)c5)[C@H]5CCC[C@@H]5NC(=O)OC)CC4)C3)c(F)c2)c1. The van der Waals surface area contributed by atoms with Crippen LogP contribution in [0.4, 0.5) is 33.7 Å². The van der Waals surface area contributed by atoms with Crippen molar-refractivity contribution in [3.05, 3.63) is 96.3 Å². The molecule has 2 amide bonds. The molecule has 57 heavy (non-hydrogen) atoms. The zero-order valence-corrected chi connectivity index (χ0v) is 32.8. The molecule has 4 fully saturated rings. The number of sulfone groups is 1. The van der Waals surface area contributed by atoms with Gasteiger partial charge in [-0.05, 0) is 130 Å². The van der Waals surface area contributed by atoms with Crippen molar-refractivity contribution in [3.8, 4) is 0 Å². The van der Waals surface area contributed by atoms with E-state index in [0.29, 0.717) is 13.1 Å². The van der Waals surface area contributed by atoms with Crippen LogP contribution in [0.2, 0.25) is 0 Å². The third-order valence-corrected chi connectivity index (χ3v) is 14.2. The van der Waals surface area contributed by atoms with Crippen molar-refractivity contribution in [2.24, 2.45) is 11.8 Å². The van der Waals surface area contributed by atoms with Crippen LogP contribution < -0.4 is 15.5 Å². The lowest BCUT2D eigenvalue weighted by atomic mass is 9.57. The first-order valence-electron chi connectivity index (χ1n) is 19.5. The molecular formula is C42H49F4N5O5S. The van der Waals surface area contributed by atoms with Gasteiger partial charge in [-0.2, -0.15) is 0 Å². The zero-order chi connectivity index (χ0) is 40.5. The Morgan fingerprint density at radius 1 is 0.912 bits per heavy atom. The van der Waals surface area contributed by atoms with E-state index >= 15 is 8.78 Å². The van der Waals surface area contributed by atoms with Crippen molar-refractivity contribution in [2.75, 3.05) is 69.7 Å². The third-order valence-electron chi connectivity index (χ3n) is 12.4. The largest absolute Gasteiger partial charge is 0.453 e. The highest BCUT2D eigenvalue weighted by Crippen LogP contribution is 2.52. The van der Waals surface area contributed by atoms with Gasteiger partial charge in [0.05, 0.1) is 35.7 Å². The van der Waals surface area contributed by atoms with Gasteiger partial charge >= 0.3 is 6.09 Å². The van der Waals surface area contributed by atoms with E-state index in [9.17, 15) is 26.8 Å². The lowest BCUT2D eigenvalue weighted by molar-refractivity contribution is -0.111. The maximum Gasteiger partial charge on any atom is 0.407 e. The first kappa shape index (κ1) is 40.7. The van der Waals surface area contributed by atoms with E-state index in [1.165, 1.54) is 30.2 Å². The molecule has 7 rings (SSSR count). The summed E-state index contributed by atoms with van der Waals surface area (Å²) >= 11 is 0. The molecule has 15 heteroatoms. The fraction of sp³-hybridized carbons (Fsp3) is 0.476. The van der Waals surface area contributed by atoms with Crippen molar-refractivity contribution in [1.82, 2.24) is 15.1 Å². The summed E-state index contributed by atoms with van der Waals surface area (Å²) in [5.74, 6) is -2.54. The van der Waals surface area contributed by atoms with Gasteiger partial charge in [-0.3, -0.25) is 9.69 Å². The number of carbonyl (C=O) groups is 2. The van der Waals surface area contributed by atoms with E-state index in [-0.39, 0.29) is 54.7 Å². The lowest BCUT2D eigenvalue weighted by Gasteiger charge is -2.54. The molecule has 4 aliphatic rings. The third kappa shape index (κ3) is 8.42. The van der Waals surface area contributed by atoms with E-state index in [2.05, 4.69) is 27.0 Å². The van der Waals surface area contributed by atoms with Crippen molar-refractivity contribution in [2.45, 2.75) is 65.4 Å². The fourth-order valence-corrected chi connectivity index (χ4v) is 11.0. The molecule has 0 aromatic heterocycles. The number of nitrogens with zero attached hydrogens (tertiary/aromatic N) is 3. The highest BCUT2D eigenvalue weighted by atomic mass is 32.2. The van der Waals surface area contributed by atoms with Crippen molar-refractivity contribution < 1.29 is 40.3 Å². The minimum absolute atomic E-state index is 0.0517. The molecule has 0 spiro atoms. The van der Waals surface area contributed by atoms with Crippen LogP contribution in [-0.2, 0) is 24.8 Å². The number of alkyl carbamates (subject to hydrolysis) is 1. The Kier molecular flexibility index (Phi) is 11.7. The van der Waals surface area contributed by atoms with Crippen LogP contribution in [-0.4, -0.2) is 101 Å². The van der Waals surface area contributed by atoms with Crippen molar-refractivity contribution in [1.29, 1.82) is 0 Å². The molecular weight excluding hydrogens is 763 g/mol. The molecule has 0 unspecified atom stereocenters. The van der Waals surface area contributed by atoms with Crippen LogP contribution in [0.3, 0.4) is 0 Å². The standard InChI is InChI=1S/C42H49F4N5O5S/c1-3-39(52)47-32-20-31(44)21-34(22-32)57(54,55)33-11-12-38(36(45)23-33)51-25-41(46,26-51)24-50-17-13-28(14-18-50)42(27-49-15-6-16-49,29-7-4-8-30(43)19-29)35-9-5-10-37(35)48-40(53)56-2/h3-4,7-8,11-12,19-23,28,35,37H,1,5-6,9-10,13-18,24-27H2,2H3,(H,47,52)(H,48,53)/t35-,37-,42-/m0/s1. The Labute approximate surface area is 331 Å². The quantitative estimate of drug-likeness (QED) is 0.149. The lowest BCUT2D eigenvalue weighted by Crippen LogP contribution is -2.65. The van der Waals surface area contributed by atoms with E-state index in [1.54, 1.807) is 12.1 Å². The minimum Gasteiger partial charge on any atom is -0.453 e. The summed E-state index contributed by atoms with van der Waals surface area (Å²) in [7, 11) is -3.02. The highest BCUT2D eigenvalue weighted by Gasteiger charge is 2.54. The summed E-state index contributed by atoms with van der Waals surface area (Å²) in [4.78, 5) is 29.3. The molecule has 10 nitrogen and oxygen atoms in total. The number of alkyl halides is 1. The minimum atomic E-state index is -4.38. The van der Waals surface area contributed by atoms with Crippen LogP contribution in [0.15, 0.2) is 83.1 Å². The van der Waals surface area contributed by atoms with Gasteiger partial charge in [-0.25, -0.2) is 30.8 Å². The summed E-state index contributed by atoms with van der Waals surface area (Å²) in [6.07, 6.45) is 5.70. The molecule has 1 saturated carbocycles. The Morgan fingerprint density at radius 2 is 1.67 bits per heavy atom. The van der Waals surface area contributed by atoms with Gasteiger partial charge < -0.3 is 25.2 Å². The summed E-state index contributed by atoms with van der Waals surface area (Å²) in [6, 6.07) is 12.9. The van der Waals surface area contributed by atoms with Gasteiger partial charge in [-0.15, -0.1) is 0 Å². The molecule has 3 atom stereocenters. The second-order valence-electron chi connectivity index (χ2n) is 16.0. The molecule has 3 aliphatic heterocycles. The number of likely N-dealkylation sites (tertiary alicyclic amines) is 2. The molecule has 3 heterocycles. The fourth-order valence-electron chi connectivity index (χ4n) is 9.68. The number of ether oxygens (including phenoxy) is 1. The normalized spacial score (nSPS) is 22.5. The molecule has 306 valence electrons. The summed E-state index contributed by atoms with van der Waals surface area (Å²) in [6.45, 7) is 7.20. The van der Waals surface area contributed by atoms with Gasteiger partial charge in [0, 0.05) is 30.2 Å². The second-order valence-corrected chi connectivity index (χ2v) is 18.0. The van der Waals surface area contributed by atoms with E-state index in [4.69, 9.17) is 4.74 Å². The van der Waals surface area contributed by atoms with Crippen LogP contribution >= 0.6 is 0 Å². The average molecular weight is 812 g/mol. The Balaban J connectivity index is 1.03. The molecule has 3 aromatic rings. The Morgan fingerprint density at radius 3 is 2.32 bits per heavy atom. The predicted octanol–water partition coefficient (Wildman–Crippen LogP) is 6.47. The highest BCUT2D eigenvalue weighted by molar-refractivity contribution is 7.91. The summed E-state index contributed by atoms with van der Waals surface area (Å²) in [5.41, 5.74) is -1.20. The van der Waals surface area contributed by atoms with Gasteiger partial charge in [0.1, 0.15) is 17.5 Å². The van der Waals surface area contributed by atoms with E-state index < -0.39 is 54.3 Å². The van der Waals surface area contributed by atoms with Crippen molar-refractivity contribution >= 4 is 33.2 Å². The molecule has 0 bridgehead atoms. The molecule has 0 radical (unpaired) electrons. The maximum absolute atomic E-state index is 16.3. The average Bonchev–Trinajstić information content (AvgIpc) is 3.61. The van der Waals surface area contributed by atoms with Crippen LogP contribution in [0.5, 0.6) is 0 Å². The number of rotatable bonds is 13. The molecule has 2 N–H and O–H groups in total. The summed E-state index contributed by atoms with van der Waals surface area (Å²) in [5, 5.41) is 5.42. The number of halogens is 4. The smallest absolute Gasteiger partial charge is 0.407 e. The van der Waals surface area contributed by atoms with E-state index in [1.807, 2.05) is 6.07 Å². The van der Waals surface area contributed by atoms with Gasteiger partial charge in [0.15, 0.2) is 5.67 Å². The number of nitrogens with one attached hydrogen (secondary N) is 2. The summed E-state index contributed by atoms with van der Waals surface area (Å²) < 4.78 is 92.8. The molecule has 1 aliphatic carbocycles. The molecule has 3 saturated heterocycles. The monoisotopic (exact) mass is 811 g/mol. The molecule has 3 aromatic carbocycles. The van der Waals surface area contributed by atoms with Gasteiger partial charge in [0.2, 0.25) is 15.7 Å². The first-order valence-corrected chi connectivity index (χ1v) is 21.0. The number of hydrogen-bond donors (Lipinski definition) is 2. The zero-order valence-electron chi connectivity index (χ0n) is 32.0.